The standard InChI is InChI=1S/C20H31N3O5S/c1-7-23(8-14(24)10-27-11(2)3)9-15-21-18(25)16-13(6)17(29-19(16)22-15)20(26)28-12(4)5/h11-12,14,24H,7-10H2,1-6H3,(H,21,22,25)/t14-/m0/s1. The number of nitrogens with one attached hydrogen (secondary N) is 1. The minimum atomic E-state index is -0.630. The second-order valence-corrected chi connectivity index (χ2v) is 8.57. The summed E-state index contributed by atoms with van der Waals surface area (Å²) in [6.07, 6.45) is -0.814. The smallest absolute Gasteiger partial charge is 0.348 e. The molecule has 0 saturated heterocycles. The van der Waals surface area contributed by atoms with Gasteiger partial charge in [0, 0.05) is 6.54 Å². The number of nitrogens with zero attached hydrogens (tertiary/aromatic N) is 2. The fraction of sp³-hybridized carbons (Fsp3) is 0.650. The first-order valence-electron chi connectivity index (χ1n) is 9.87. The van der Waals surface area contributed by atoms with E-state index < -0.39 is 12.1 Å². The average Bonchev–Trinajstić information content (AvgIpc) is 2.96. The van der Waals surface area contributed by atoms with Crippen molar-refractivity contribution in [3.63, 3.8) is 0 Å². The third-order valence-electron chi connectivity index (χ3n) is 4.29. The molecule has 2 aromatic heterocycles. The predicted molar refractivity (Wildman–Crippen MR) is 114 cm³/mol. The van der Waals surface area contributed by atoms with Crippen molar-refractivity contribution in [1.82, 2.24) is 14.9 Å². The van der Waals surface area contributed by atoms with Crippen molar-refractivity contribution in [3.8, 4) is 0 Å². The fourth-order valence-electron chi connectivity index (χ4n) is 2.90. The van der Waals surface area contributed by atoms with Gasteiger partial charge in [0.25, 0.3) is 5.56 Å². The van der Waals surface area contributed by atoms with Gasteiger partial charge in [0.15, 0.2) is 0 Å². The number of aliphatic hydroxyl groups excluding tert-OH is 1. The van der Waals surface area contributed by atoms with E-state index in [0.717, 1.165) is 0 Å². The van der Waals surface area contributed by atoms with Gasteiger partial charge < -0.3 is 19.6 Å². The molecule has 9 heteroatoms. The van der Waals surface area contributed by atoms with E-state index in [9.17, 15) is 14.7 Å². The van der Waals surface area contributed by atoms with E-state index in [1.165, 1.54) is 11.3 Å². The van der Waals surface area contributed by atoms with Crippen LogP contribution in [0.2, 0.25) is 0 Å². The van der Waals surface area contributed by atoms with Crippen molar-refractivity contribution in [2.24, 2.45) is 0 Å². The molecule has 0 aliphatic rings. The van der Waals surface area contributed by atoms with Crippen molar-refractivity contribution in [3.05, 3.63) is 26.6 Å². The molecule has 0 aliphatic carbocycles. The number of likely N-dealkylation sites (N-methyl/N-ethyl adjacent to an activating group) is 1. The number of aliphatic hydroxyl groups is 1. The number of carbonyl (C=O) groups excluding carboxylic acids is 1. The van der Waals surface area contributed by atoms with E-state index in [0.29, 0.717) is 46.1 Å². The van der Waals surface area contributed by atoms with E-state index in [1.807, 2.05) is 25.7 Å². The number of hydrogen-bond donors (Lipinski definition) is 2. The number of thiophene rings is 1. The number of ether oxygens (including phenoxy) is 2. The molecule has 0 aromatic carbocycles. The maximum Gasteiger partial charge on any atom is 0.348 e. The summed E-state index contributed by atoms with van der Waals surface area (Å²) in [5.74, 6) is 0.0521. The maximum atomic E-state index is 12.6. The summed E-state index contributed by atoms with van der Waals surface area (Å²) in [6.45, 7) is 12.8. The average molecular weight is 426 g/mol. The largest absolute Gasteiger partial charge is 0.459 e. The van der Waals surface area contributed by atoms with Crippen LogP contribution in [0.4, 0.5) is 0 Å². The molecule has 0 amide bonds. The monoisotopic (exact) mass is 425 g/mol. The Bertz CT molecular complexity index is 890. The highest BCUT2D eigenvalue weighted by atomic mass is 32.1. The number of H-pyrrole nitrogens is 1. The quantitative estimate of drug-likeness (QED) is 0.563. The van der Waals surface area contributed by atoms with Gasteiger partial charge in [-0.3, -0.25) is 9.69 Å². The van der Waals surface area contributed by atoms with Crippen LogP contribution in [-0.4, -0.2) is 64.0 Å². The summed E-state index contributed by atoms with van der Waals surface area (Å²) in [5, 5.41) is 10.6. The van der Waals surface area contributed by atoms with Crippen LogP contribution in [0.15, 0.2) is 4.79 Å². The molecule has 0 radical (unpaired) electrons. The third-order valence-corrected chi connectivity index (χ3v) is 5.45. The van der Waals surface area contributed by atoms with Gasteiger partial charge in [-0.05, 0) is 46.7 Å². The van der Waals surface area contributed by atoms with E-state index in [4.69, 9.17) is 9.47 Å². The van der Waals surface area contributed by atoms with Gasteiger partial charge in [0.2, 0.25) is 0 Å². The molecule has 29 heavy (non-hydrogen) atoms. The molecule has 0 aliphatic heterocycles. The Hall–Kier alpha value is -1.81. The lowest BCUT2D eigenvalue weighted by Gasteiger charge is -2.23. The second kappa shape index (κ2) is 10.3. The molecule has 2 rings (SSSR count). The molecule has 2 aromatic rings. The Morgan fingerprint density at radius 2 is 1.97 bits per heavy atom. The van der Waals surface area contributed by atoms with Gasteiger partial charge in [-0.2, -0.15) is 0 Å². The highest BCUT2D eigenvalue weighted by Crippen LogP contribution is 2.28. The van der Waals surface area contributed by atoms with Gasteiger partial charge in [0.1, 0.15) is 15.5 Å². The first kappa shape index (κ1) is 23.5. The summed E-state index contributed by atoms with van der Waals surface area (Å²) in [7, 11) is 0. The predicted octanol–water partition coefficient (Wildman–Crippen LogP) is 2.47. The third kappa shape index (κ3) is 6.33. The minimum absolute atomic E-state index is 0.0544. The highest BCUT2D eigenvalue weighted by Gasteiger charge is 2.22. The summed E-state index contributed by atoms with van der Waals surface area (Å²) in [4.78, 5) is 35.2. The molecule has 0 fully saturated rings. The number of hydrogen-bond acceptors (Lipinski definition) is 8. The summed E-state index contributed by atoms with van der Waals surface area (Å²) >= 11 is 1.17. The first-order valence-corrected chi connectivity index (χ1v) is 10.7. The Morgan fingerprint density at radius 1 is 1.28 bits per heavy atom. The Kier molecular flexibility index (Phi) is 8.33. The lowest BCUT2D eigenvalue weighted by atomic mass is 10.2. The molecule has 2 N–H and O–H groups in total. The van der Waals surface area contributed by atoms with Crippen molar-refractivity contribution >= 4 is 27.5 Å². The minimum Gasteiger partial charge on any atom is -0.459 e. The molecule has 162 valence electrons. The number of carbonyl (C=O) groups is 1. The molecule has 1 atom stereocenters. The Balaban J connectivity index is 2.21. The number of aromatic amines is 1. The number of aromatic nitrogens is 2. The summed E-state index contributed by atoms with van der Waals surface area (Å²) < 4.78 is 10.7. The maximum absolute atomic E-state index is 12.6. The number of fused-ring (bicyclic) bond motifs is 1. The molecule has 2 heterocycles. The zero-order chi connectivity index (χ0) is 21.7. The van der Waals surface area contributed by atoms with E-state index in [-0.39, 0.29) is 24.4 Å². The molecule has 0 spiro atoms. The lowest BCUT2D eigenvalue weighted by molar-refractivity contribution is -0.00912. The number of rotatable bonds is 10. The van der Waals surface area contributed by atoms with Gasteiger partial charge in [0.05, 0.1) is 36.8 Å². The van der Waals surface area contributed by atoms with Crippen LogP contribution in [-0.2, 0) is 16.0 Å². The zero-order valence-electron chi connectivity index (χ0n) is 17.9. The lowest BCUT2D eigenvalue weighted by Crippen LogP contribution is -2.35. The Labute approximate surface area is 174 Å². The zero-order valence-corrected chi connectivity index (χ0v) is 18.8. The van der Waals surface area contributed by atoms with Crippen molar-refractivity contribution in [2.45, 2.75) is 66.4 Å². The van der Waals surface area contributed by atoms with Gasteiger partial charge in [-0.25, -0.2) is 9.78 Å². The summed E-state index contributed by atoms with van der Waals surface area (Å²) in [5.41, 5.74) is 0.312. The van der Waals surface area contributed by atoms with Crippen LogP contribution in [0.3, 0.4) is 0 Å². The molecule has 8 nitrogen and oxygen atoms in total. The van der Waals surface area contributed by atoms with Crippen LogP contribution in [0.25, 0.3) is 10.2 Å². The molecule has 0 saturated carbocycles. The van der Waals surface area contributed by atoms with Crippen molar-refractivity contribution in [2.75, 3.05) is 19.7 Å². The number of esters is 1. The Morgan fingerprint density at radius 3 is 2.55 bits per heavy atom. The number of aryl methyl sites for hydroxylation is 1. The highest BCUT2D eigenvalue weighted by molar-refractivity contribution is 7.20. The van der Waals surface area contributed by atoms with Crippen LogP contribution in [0, 0.1) is 6.92 Å². The van der Waals surface area contributed by atoms with E-state index >= 15 is 0 Å². The topological polar surface area (TPSA) is 105 Å². The van der Waals surface area contributed by atoms with Crippen LogP contribution >= 0.6 is 11.3 Å². The van der Waals surface area contributed by atoms with E-state index in [2.05, 4.69) is 9.97 Å². The van der Waals surface area contributed by atoms with Crippen LogP contribution in [0.5, 0.6) is 0 Å². The second-order valence-electron chi connectivity index (χ2n) is 7.57. The molecule has 0 bridgehead atoms. The fourth-order valence-corrected chi connectivity index (χ4v) is 3.98. The van der Waals surface area contributed by atoms with Gasteiger partial charge in [-0.1, -0.05) is 6.92 Å². The first-order chi connectivity index (χ1) is 13.6. The van der Waals surface area contributed by atoms with Crippen LogP contribution < -0.4 is 5.56 Å². The molecular formula is C20H31N3O5S. The molecule has 0 unspecified atom stereocenters. The van der Waals surface area contributed by atoms with Crippen molar-refractivity contribution < 1.29 is 19.4 Å². The van der Waals surface area contributed by atoms with Crippen LogP contribution in [0.1, 0.15) is 55.7 Å². The summed E-state index contributed by atoms with van der Waals surface area (Å²) in [6, 6.07) is 0. The van der Waals surface area contributed by atoms with Gasteiger partial charge >= 0.3 is 5.97 Å². The normalized spacial score (nSPS) is 13.0. The van der Waals surface area contributed by atoms with E-state index in [1.54, 1.807) is 20.8 Å². The van der Waals surface area contributed by atoms with Crippen molar-refractivity contribution in [1.29, 1.82) is 0 Å². The van der Waals surface area contributed by atoms with Gasteiger partial charge in [-0.15, -0.1) is 11.3 Å². The SMILES string of the molecule is CCN(Cc1nc2sc(C(=O)OC(C)C)c(C)c2c(=O)[nH]1)C[C@H](O)COC(C)C. The molecular weight excluding hydrogens is 394 g/mol.